The van der Waals surface area contributed by atoms with Crippen molar-refractivity contribution in [2.75, 3.05) is 32.5 Å². The molecule has 4 heteroatoms. The fraction of sp³-hybridized carbons (Fsp3) is 0.625. The first-order chi connectivity index (χ1) is 5.68. The van der Waals surface area contributed by atoms with Crippen molar-refractivity contribution in [1.29, 1.82) is 0 Å². The first kappa shape index (κ1) is 9.06. The number of hydrogen-bond acceptors (Lipinski definition) is 3. The first-order valence-electron chi connectivity index (χ1n) is 4.07. The van der Waals surface area contributed by atoms with Crippen molar-refractivity contribution in [3.8, 4) is 0 Å². The summed E-state index contributed by atoms with van der Waals surface area (Å²) in [5.41, 5.74) is 0. The Bertz CT molecular complexity index is 229. The Balaban J connectivity index is 2.24. The lowest BCUT2D eigenvalue weighted by Crippen LogP contribution is -2.20. The molecule has 0 saturated heterocycles. The van der Waals surface area contributed by atoms with E-state index in [0.29, 0.717) is 0 Å². The normalized spacial score (nSPS) is 10.7. The van der Waals surface area contributed by atoms with Crippen molar-refractivity contribution in [1.82, 2.24) is 14.7 Å². The second-order valence-electron chi connectivity index (χ2n) is 3.10. The Morgan fingerprint density at radius 2 is 2.33 bits per heavy atom. The van der Waals surface area contributed by atoms with Gasteiger partial charge in [0, 0.05) is 32.4 Å². The monoisotopic (exact) mass is 168 g/mol. The molecule has 0 saturated carbocycles. The Labute approximate surface area is 73.2 Å². The molecule has 0 aliphatic carbocycles. The number of likely N-dealkylation sites (N-methyl/N-ethyl adjacent to an activating group) is 1. The van der Waals surface area contributed by atoms with E-state index in [0.717, 1.165) is 18.9 Å². The molecular formula is C8H16N4. The molecule has 0 aliphatic rings. The van der Waals surface area contributed by atoms with Crippen LogP contribution in [0, 0.1) is 0 Å². The van der Waals surface area contributed by atoms with Gasteiger partial charge in [-0.1, -0.05) is 0 Å². The largest absolute Gasteiger partial charge is 0.367 e. The minimum absolute atomic E-state index is 0.935. The molecular weight excluding hydrogens is 152 g/mol. The summed E-state index contributed by atoms with van der Waals surface area (Å²) in [6, 6.07) is 1.97. The van der Waals surface area contributed by atoms with Gasteiger partial charge in [0.2, 0.25) is 0 Å². The number of rotatable bonds is 4. The zero-order valence-electron chi connectivity index (χ0n) is 7.91. The summed E-state index contributed by atoms with van der Waals surface area (Å²) < 4.78 is 1.79. The highest BCUT2D eigenvalue weighted by Gasteiger charge is 1.94. The van der Waals surface area contributed by atoms with Crippen molar-refractivity contribution in [2.24, 2.45) is 7.05 Å². The van der Waals surface area contributed by atoms with Crippen LogP contribution in [-0.4, -0.2) is 41.9 Å². The van der Waals surface area contributed by atoms with Crippen LogP contribution >= 0.6 is 0 Å². The molecule has 0 spiro atoms. The Morgan fingerprint density at radius 1 is 1.58 bits per heavy atom. The average molecular weight is 168 g/mol. The molecule has 68 valence electrons. The summed E-state index contributed by atoms with van der Waals surface area (Å²) in [7, 11) is 6.03. The Morgan fingerprint density at radius 3 is 2.83 bits per heavy atom. The number of anilines is 1. The van der Waals surface area contributed by atoms with E-state index in [4.69, 9.17) is 0 Å². The molecule has 1 heterocycles. The maximum absolute atomic E-state index is 4.19. The smallest absolute Gasteiger partial charge is 0.148 e. The fourth-order valence-corrected chi connectivity index (χ4v) is 0.917. The first-order valence-corrected chi connectivity index (χ1v) is 4.07. The highest BCUT2D eigenvalue weighted by atomic mass is 15.3. The zero-order valence-corrected chi connectivity index (χ0v) is 7.91. The van der Waals surface area contributed by atoms with E-state index in [9.17, 15) is 0 Å². The van der Waals surface area contributed by atoms with Gasteiger partial charge in [0.1, 0.15) is 5.82 Å². The molecule has 0 aromatic carbocycles. The third-order valence-corrected chi connectivity index (χ3v) is 1.58. The van der Waals surface area contributed by atoms with Crippen molar-refractivity contribution in [2.45, 2.75) is 0 Å². The lowest BCUT2D eigenvalue weighted by molar-refractivity contribution is 0.425. The highest BCUT2D eigenvalue weighted by Crippen LogP contribution is 1.99. The van der Waals surface area contributed by atoms with E-state index in [2.05, 4.69) is 29.4 Å². The maximum atomic E-state index is 4.19. The van der Waals surface area contributed by atoms with E-state index >= 15 is 0 Å². The second kappa shape index (κ2) is 4.11. The highest BCUT2D eigenvalue weighted by molar-refractivity contribution is 5.31. The predicted molar refractivity (Wildman–Crippen MR) is 50.3 cm³/mol. The maximum Gasteiger partial charge on any atom is 0.148 e. The van der Waals surface area contributed by atoms with Crippen LogP contribution in [0.5, 0.6) is 0 Å². The molecule has 0 amide bonds. The summed E-state index contributed by atoms with van der Waals surface area (Å²) >= 11 is 0. The van der Waals surface area contributed by atoms with Gasteiger partial charge in [-0.2, -0.15) is 5.10 Å². The third kappa shape index (κ3) is 2.92. The molecule has 1 N–H and O–H groups in total. The van der Waals surface area contributed by atoms with Gasteiger partial charge in [0.15, 0.2) is 0 Å². The van der Waals surface area contributed by atoms with Crippen molar-refractivity contribution in [3.63, 3.8) is 0 Å². The van der Waals surface area contributed by atoms with Crippen LogP contribution in [0.3, 0.4) is 0 Å². The quantitative estimate of drug-likeness (QED) is 0.706. The van der Waals surface area contributed by atoms with Gasteiger partial charge in [-0.15, -0.1) is 0 Å². The molecule has 0 aliphatic heterocycles. The summed E-state index contributed by atoms with van der Waals surface area (Å²) in [5.74, 6) is 0.944. The molecule has 0 radical (unpaired) electrons. The van der Waals surface area contributed by atoms with E-state index in [1.165, 1.54) is 0 Å². The topological polar surface area (TPSA) is 33.1 Å². The van der Waals surface area contributed by atoms with Crippen molar-refractivity contribution in [3.05, 3.63) is 12.3 Å². The van der Waals surface area contributed by atoms with Crippen LogP contribution in [0.2, 0.25) is 0 Å². The number of nitrogens with zero attached hydrogens (tertiary/aromatic N) is 3. The van der Waals surface area contributed by atoms with E-state index in [1.807, 2.05) is 19.3 Å². The lowest BCUT2D eigenvalue weighted by Gasteiger charge is -2.09. The van der Waals surface area contributed by atoms with Crippen LogP contribution in [0.15, 0.2) is 12.3 Å². The van der Waals surface area contributed by atoms with Gasteiger partial charge in [-0.3, -0.25) is 4.68 Å². The van der Waals surface area contributed by atoms with Gasteiger partial charge in [0.25, 0.3) is 0 Å². The lowest BCUT2D eigenvalue weighted by atomic mass is 10.5. The number of aryl methyl sites for hydroxylation is 1. The minimum atomic E-state index is 0.935. The van der Waals surface area contributed by atoms with Crippen LogP contribution in [0.4, 0.5) is 5.82 Å². The molecule has 0 unspecified atom stereocenters. The van der Waals surface area contributed by atoms with Gasteiger partial charge in [-0.05, 0) is 14.1 Å². The minimum Gasteiger partial charge on any atom is -0.367 e. The number of hydrogen-bond donors (Lipinski definition) is 1. The van der Waals surface area contributed by atoms with Crippen LogP contribution in [0.25, 0.3) is 0 Å². The van der Waals surface area contributed by atoms with Gasteiger partial charge >= 0.3 is 0 Å². The van der Waals surface area contributed by atoms with Crippen LogP contribution in [0.1, 0.15) is 0 Å². The molecule has 1 rings (SSSR count). The van der Waals surface area contributed by atoms with E-state index in [1.54, 1.807) is 4.68 Å². The molecule has 0 bridgehead atoms. The van der Waals surface area contributed by atoms with Crippen molar-refractivity contribution >= 4 is 5.82 Å². The standard InChI is InChI=1S/C8H16N4/c1-11(2)7-5-9-8-4-6-12(3)10-8/h4,6H,5,7H2,1-3H3,(H,9,10). The summed E-state index contributed by atoms with van der Waals surface area (Å²) in [4.78, 5) is 2.13. The Hall–Kier alpha value is -1.03. The van der Waals surface area contributed by atoms with Gasteiger partial charge in [0.05, 0.1) is 0 Å². The molecule has 4 nitrogen and oxygen atoms in total. The summed E-state index contributed by atoms with van der Waals surface area (Å²) in [6.07, 6.45) is 1.93. The second-order valence-corrected chi connectivity index (χ2v) is 3.10. The van der Waals surface area contributed by atoms with Crippen molar-refractivity contribution < 1.29 is 0 Å². The Kier molecular flexibility index (Phi) is 3.10. The SMILES string of the molecule is CN(C)CCNc1ccn(C)n1. The summed E-state index contributed by atoms with van der Waals surface area (Å²) in [5, 5.41) is 7.42. The molecule has 0 atom stereocenters. The number of aromatic nitrogens is 2. The van der Waals surface area contributed by atoms with Crippen LogP contribution in [-0.2, 0) is 7.05 Å². The zero-order chi connectivity index (χ0) is 8.97. The van der Waals surface area contributed by atoms with Gasteiger partial charge < -0.3 is 10.2 Å². The number of nitrogens with one attached hydrogen (secondary N) is 1. The van der Waals surface area contributed by atoms with Crippen LogP contribution < -0.4 is 5.32 Å². The summed E-state index contributed by atoms with van der Waals surface area (Å²) in [6.45, 7) is 1.96. The third-order valence-electron chi connectivity index (χ3n) is 1.58. The average Bonchev–Trinajstić information content (AvgIpc) is 2.35. The molecule has 12 heavy (non-hydrogen) atoms. The predicted octanol–water partition coefficient (Wildman–Crippen LogP) is 0.394. The molecule has 0 fully saturated rings. The molecule has 1 aromatic rings. The van der Waals surface area contributed by atoms with Gasteiger partial charge in [-0.25, -0.2) is 0 Å². The fourth-order valence-electron chi connectivity index (χ4n) is 0.917. The van der Waals surface area contributed by atoms with E-state index < -0.39 is 0 Å². The molecule has 1 aromatic heterocycles. The van der Waals surface area contributed by atoms with E-state index in [-0.39, 0.29) is 0 Å².